The van der Waals surface area contributed by atoms with Crippen molar-refractivity contribution in [3.63, 3.8) is 0 Å². The third-order valence-corrected chi connectivity index (χ3v) is 5.97. The maximum Gasteiger partial charge on any atom is 0.321 e. The van der Waals surface area contributed by atoms with Gasteiger partial charge in [0, 0.05) is 19.1 Å². The minimum absolute atomic E-state index is 0.0352. The molecular weight excluding hydrogens is 292 g/mol. The van der Waals surface area contributed by atoms with Gasteiger partial charge in [-0.1, -0.05) is 13.8 Å². The fourth-order valence-corrected chi connectivity index (χ4v) is 5.08. The average molecular weight is 318 g/mol. The van der Waals surface area contributed by atoms with Crippen LogP contribution in [0, 0.1) is 11.8 Å². The van der Waals surface area contributed by atoms with Gasteiger partial charge >= 0.3 is 5.97 Å². The zero-order chi connectivity index (χ0) is 15.6. The Labute approximate surface area is 127 Å². The first-order valence-electron chi connectivity index (χ1n) is 7.77. The van der Waals surface area contributed by atoms with Crippen LogP contribution >= 0.6 is 0 Å². The van der Waals surface area contributed by atoms with Gasteiger partial charge < -0.3 is 4.74 Å². The van der Waals surface area contributed by atoms with Crippen molar-refractivity contribution in [3.8, 4) is 0 Å². The Bertz CT molecular complexity index is 465. The first kappa shape index (κ1) is 16.7. The summed E-state index contributed by atoms with van der Waals surface area (Å²) in [6, 6.07) is -0.0352. The van der Waals surface area contributed by atoms with Crippen molar-refractivity contribution in [2.45, 2.75) is 46.1 Å². The van der Waals surface area contributed by atoms with Crippen molar-refractivity contribution < 1.29 is 17.9 Å². The van der Waals surface area contributed by atoms with E-state index in [9.17, 15) is 13.2 Å². The summed E-state index contributed by atoms with van der Waals surface area (Å²) < 4.78 is 33.5. The number of nitrogens with zero attached hydrogens (tertiary/aromatic N) is 2. The average Bonchev–Trinajstić information content (AvgIpc) is 3.19. The number of carbonyl (C=O) groups is 1. The zero-order valence-corrected chi connectivity index (χ0v) is 13.9. The molecule has 2 unspecified atom stereocenters. The van der Waals surface area contributed by atoms with Crippen LogP contribution in [0.25, 0.3) is 0 Å². The van der Waals surface area contributed by atoms with Crippen LogP contribution < -0.4 is 0 Å². The fourth-order valence-electron chi connectivity index (χ4n) is 3.04. The van der Waals surface area contributed by atoms with Crippen molar-refractivity contribution in [1.82, 2.24) is 8.61 Å². The fraction of sp³-hybridized carbons (Fsp3) is 0.929. The Hall–Kier alpha value is -0.660. The van der Waals surface area contributed by atoms with Crippen LogP contribution in [-0.2, 0) is 19.7 Å². The van der Waals surface area contributed by atoms with Crippen LogP contribution in [0.15, 0.2) is 0 Å². The largest absolute Gasteiger partial charge is 0.465 e. The van der Waals surface area contributed by atoms with Crippen LogP contribution in [-0.4, -0.2) is 55.3 Å². The number of ether oxygens (including phenoxy) is 1. The molecule has 6 nitrogen and oxygen atoms in total. The summed E-state index contributed by atoms with van der Waals surface area (Å²) in [5.74, 6) is 0.241. The molecule has 1 saturated carbocycles. The Kier molecular flexibility index (Phi) is 5.27. The van der Waals surface area contributed by atoms with Crippen molar-refractivity contribution in [3.05, 3.63) is 0 Å². The monoisotopic (exact) mass is 318 g/mol. The number of hydrogen-bond acceptors (Lipinski definition) is 4. The number of piperidine rings is 1. The molecule has 1 aliphatic carbocycles. The second-order valence-electron chi connectivity index (χ2n) is 6.35. The van der Waals surface area contributed by atoms with Crippen LogP contribution in [0.3, 0.4) is 0 Å². The molecule has 1 aliphatic heterocycles. The van der Waals surface area contributed by atoms with E-state index in [0.29, 0.717) is 24.9 Å². The molecule has 0 radical (unpaired) electrons. The van der Waals surface area contributed by atoms with Gasteiger partial charge in [-0.15, -0.1) is 0 Å². The van der Waals surface area contributed by atoms with Gasteiger partial charge in [-0.3, -0.25) is 4.79 Å². The van der Waals surface area contributed by atoms with Crippen LogP contribution in [0.2, 0.25) is 0 Å². The number of hydrogen-bond donors (Lipinski definition) is 0. The zero-order valence-electron chi connectivity index (χ0n) is 13.1. The molecule has 0 spiro atoms. The van der Waals surface area contributed by atoms with E-state index in [1.54, 1.807) is 11.2 Å². The number of esters is 1. The standard InChI is InChI=1S/C14H26N2O4S/c1-4-20-14(17)10-16(13-5-6-13)21(18,19)15-8-11(2)7-12(3)9-15/h11-13H,4-10H2,1-3H3. The summed E-state index contributed by atoms with van der Waals surface area (Å²) >= 11 is 0. The first-order chi connectivity index (χ1) is 9.84. The molecule has 2 aliphatic rings. The van der Waals surface area contributed by atoms with E-state index in [0.717, 1.165) is 19.3 Å². The molecular formula is C14H26N2O4S. The van der Waals surface area contributed by atoms with E-state index >= 15 is 0 Å². The predicted molar refractivity (Wildman–Crippen MR) is 79.8 cm³/mol. The van der Waals surface area contributed by atoms with Crippen molar-refractivity contribution >= 4 is 16.2 Å². The molecule has 0 aromatic heterocycles. The molecule has 1 heterocycles. The van der Waals surface area contributed by atoms with E-state index in [4.69, 9.17) is 4.74 Å². The van der Waals surface area contributed by atoms with Crippen LogP contribution in [0.5, 0.6) is 0 Å². The van der Waals surface area contributed by atoms with E-state index in [-0.39, 0.29) is 19.2 Å². The van der Waals surface area contributed by atoms with Crippen LogP contribution in [0.4, 0.5) is 0 Å². The van der Waals surface area contributed by atoms with E-state index < -0.39 is 16.2 Å². The van der Waals surface area contributed by atoms with Crippen molar-refractivity contribution in [2.75, 3.05) is 26.2 Å². The smallest absolute Gasteiger partial charge is 0.321 e. The number of carbonyl (C=O) groups excluding carboxylic acids is 1. The molecule has 0 aromatic carbocycles. The van der Waals surface area contributed by atoms with Gasteiger partial charge in [0.15, 0.2) is 0 Å². The lowest BCUT2D eigenvalue weighted by molar-refractivity contribution is -0.143. The van der Waals surface area contributed by atoms with Gasteiger partial charge in [0.05, 0.1) is 6.61 Å². The van der Waals surface area contributed by atoms with Gasteiger partial charge in [0.2, 0.25) is 0 Å². The Morgan fingerprint density at radius 1 is 1.24 bits per heavy atom. The van der Waals surface area contributed by atoms with Gasteiger partial charge in [-0.25, -0.2) is 0 Å². The second-order valence-corrected chi connectivity index (χ2v) is 8.23. The highest BCUT2D eigenvalue weighted by Crippen LogP contribution is 2.32. The lowest BCUT2D eigenvalue weighted by atomic mass is 9.94. The topological polar surface area (TPSA) is 66.9 Å². The predicted octanol–water partition coefficient (Wildman–Crippen LogP) is 1.24. The maximum atomic E-state index is 12.8. The highest BCUT2D eigenvalue weighted by atomic mass is 32.2. The van der Waals surface area contributed by atoms with Gasteiger partial charge in [0.1, 0.15) is 6.54 Å². The minimum Gasteiger partial charge on any atom is -0.465 e. The molecule has 0 amide bonds. The normalized spacial score (nSPS) is 27.8. The van der Waals surface area contributed by atoms with Crippen LogP contribution in [0.1, 0.15) is 40.0 Å². The molecule has 7 heteroatoms. The summed E-state index contributed by atoms with van der Waals surface area (Å²) in [5, 5.41) is 0. The SMILES string of the molecule is CCOC(=O)CN(C1CC1)S(=O)(=O)N1CC(C)CC(C)C1. The molecule has 122 valence electrons. The highest BCUT2D eigenvalue weighted by Gasteiger charge is 2.43. The molecule has 0 aromatic rings. The molecule has 2 atom stereocenters. The van der Waals surface area contributed by atoms with Gasteiger partial charge in [-0.2, -0.15) is 17.0 Å². The second kappa shape index (κ2) is 6.62. The Balaban J connectivity index is 2.12. The van der Waals surface area contributed by atoms with E-state index in [1.807, 2.05) is 0 Å². The van der Waals surface area contributed by atoms with Gasteiger partial charge in [0.25, 0.3) is 10.2 Å². The first-order valence-corrected chi connectivity index (χ1v) is 9.16. The summed E-state index contributed by atoms with van der Waals surface area (Å²) in [7, 11) is -3.57. The Morgan fingerprint density at radius 3 is 2.29 bits per heavy atom. The number of rotatable bonds is 6. The summed E-state index contributed by atoms with van der Waals surface area (Å²) in [5.41, 5.74) is 0. The molecule has 2 rings (SSSR count). The third-order valence-electron chi connectivity index (χ3n) is 4.00. The van der Waals surface area contributed by atoms with E-state index in [1.165, 1.54) is 4.31 Å². The molecule has 1 saturated heterocycles. The highest BCUT2D eigenvalue weighted by molar-refractivity contribution is 7.86. The summed E-state index contributed by atoms with van der Waals surface area (Å²) in [6.07, 6.45) is 2.71. The summed E-state index contributed by atoms with van der Waals surface area (Å²) in [6.45, 7) is 7.06. The lowest BCUT2D eigenvalue weighted by Crippen LogP contribution is -2.51. The Morgan fingerprint density at radius 2 is 1.81 bits per heavy atom. The quantitative estimate of drug-likeness (QED) is 0.691. The van der Waals surface area contributed by atoms with Gasteiger partial charge in [-0.05, 0) is 38.0 Å². The lowest BCUT2D eigenvalue weighted by Gasteiger charge is -2.37. The van der Waals surface area contributed by atoms with Crippen molar-refractivity contribution in [2.24, 2.45) is 11.8 Å². The molecule has 0 N–H and O–H groups in total. The molecule has 21 heavy (non-hydrogen) atoms. The van der Waals surface area contributed by atoms with E-state index in [2.05, 4.69) is 13.8 Å². The van der Waals surface area contributed by atoms with Crippen molar-refractivity contribution in [1.29, 1.82) is 0 Å². The molecule has 0 bridgehead atoms. The minimum atomic E-state index is -3.57. The maximum absolute atomic E-state index is 12.8. The summed E-state index contributed by atoms with van der Waals surface area (Å²) in [4.78, 5) is 11.7. The molecule has 2 fully saturated rings. The third kappa shape index (κ3) is 4.17.